The van der Waals surface area contributed by atoms with Crippen LogP contribution >= 0.6 is 24.0 Å². The molecule has 0 aliphatic rings. The molecule has 22 heavy (non-hydrogen) atoms. The summed E-state index contributed by atoms with van der Waals surface area (Å²) >= 11 is 0. The minimum absolute atomic E-state index is 0. The molecule has 2 heterocycles. The van der Waals surface area contributed by atoms with Crippen LogP contribution in [0.5, 0.6) is 0 Å². The fourth-order valence-corrected chi connectivity index (χ4v) is 2.27. The molecule has 2 aromatic heterocycles. The predicted octanol–water partition coefficient (Wildman–Crippen LogP) is 3.25. The molecule has 0 atom stereocenters. The SMILES string of the molecule is CCCCCCNC(N)=NCc1cn2c(C)cccc2n1.I. The molecule has 2 aromatic rings. The second-order valence-corrected chi connectivity index (χ2v) is 5.32. The van der Waals surface area contributed by atoms with Gasteiger partial charge in [-0.1, -0.05) is 32.3 Å². The van der Waals surface area contributed by atoms with E-state index in [1.807, 2.05) is 18.3 Å². The fourth-order valence-electron chi connectivity index (χ4n) is 2.27. The van der Waals surface area contributed by atoms with Crippen molar-refractivity contribution in [3.8, 4) is 0 Å². The van der Waals surface area contributed by atoms with Crippen LogP contribution in [0.1, 0.15) is 44.0 Å². The zero-order valence-corrected chi connectivity index (χ0v) is 15.7. The molecular weight excluding hydrogens is 389 g/mol. The summed E-state index contributed by atoms with van der Waals surface area (Å²) in [5.74, 6) is 0.500. The van der Waals surface area contributed by atoms with Crippen LogP contribution in [-0.2, 0) is 6.54 Å². The molecule has 122 valence electrons. The molecule has 6 heteroatoms. The van der Waals surface area contributed by atoms with Crippen LogP contribution < -0.4 is 11.1 Å². The molecule has 3 N–H and O–H groups in total. The summed E-state index contributed by atoms with van der Waals surface area (Å²) in [6.45, 7) is 5.67. The summed E-state index contributed by atoms with van der Waals surface area (Å²) < 4.78 is 2.07. The number of rotatable bonds is 7. The first kappa shape index (κ1) is 18.7. The largest absolute Gasteiger partial charge is 0.370 e. The molecule has 0 unspecified atom stereocenters. The third kappa shape index (κ3) is 5.47. The maximum Gasteiger partial charge on any atom is 0.188 e. The highest BCUT2D eigenvalue weighted by atomic mass is 127. The van der Waals surface area contributed by atoms with Crippen molar-refractivity contribution in [1.29, 1.82) is 0 Å². The maximum absolute atomic E-state index is 5.86. The van der Waals surface area contributed by atoms with Crippen molar-refractivity contribution < 1.29 is 0 Å². The Morgan fingerprint density at radius 1 is 1.32 bits per heavy atom. The number of aromatic nitrogens is 2. The Labute approximate surface area is 149 Å². The van der Waals surface area contributed by atoms with E-state index >= 15 is 0 Å². The normalized spacial score (nSPS) is 11.5. The Balaban J connectivity index is 0.00000242. The summed E-state index contributed by atoms with van der Waals surface area (Å²) in [5, 5.41) is 3.15. The van der Waals surface area contributed by atoms with Gasteiger partial charge in [-0.2, -0.15) is 0 Å². The summed E-state index contributed by atoms with van der Waals surface area (Å²) in [4.78, 5) is 8.88. The van der Waals surface area contributed by atoms with Crippen molar-refractivity contribution in [2.45, 2.75) is 46.1 Å². The van der Waals surface area contributed by atoms with Gasteiger partial charge in [0.1, 0.15) is 5.65 Å². The first-order valence-electron chi connectivity index (χ1n) is 7.68. The summed E-state index contributed by atoms with van der Waals surface area (Å²) in [6.07, 6.45) is 6.92. The summed E-state index contributed by atoms with van der Waals surface area (Å²) in [6, 6.07) is 6.07. The van der Waals surface area contributed by atoms with Crippen LogP contribution in [-0.4, -0.2) is 21.9 Å². The zero-order chi connectivity index (χ0) is 15.1. The fraction of sp³-hybridized carbons (Fsp3) is 0.500. The lowest BCUT2D eigenvalue weighted by Crippen LogP contribution is -2.32. The minimum Gasteiger partial charge on any atom is -0.370 e. The number of nitrogens with one attached hydrogen (secondary N) is 1. The first-order valence-corrected chi connectivity index (χ1v) is 7.68. The van der Waals surface area contributed by atoms with Crippen LogP contribution in [0.3, 0.4) is 0 Å². The van der Waals surface area contributed by atoms with E-state index in [1.54, 1.807) is 0 Å². The lowest BCUT2D eigenvalue weighted by molar-refractivity contribution is 0.652. The molecule has 0 spiro atoms. The smallest absolute Gasteiger partial charge is 0.188 e. The number of hydrogen-bond donors (Lipinski definition) is 2. The van der Waals surface area contributed by atoms with Gasteiger partial charge in [0.15, 0.2) is 5.96 Å². The third-order valence-electron chi connectivity index (χ3n) is 3.49. The first-order chi connectivity index (χ1) is 10.2. The van der Waals surface area contributed by atoms with E-state index in [1.165, 1.54) is 19.3 Å². The number of aliphatic imine (C=N–C) groups is 1. The van der Waals surface area contributed by atoms with Crippen LogP contribution in [0, 0.1) is 6.92 Å². The lowest BCUT2D eigenvalue weighted by atomic mass is 10.2. The number of unbranched alkanes of at least 4 members (excludes halogenated alkanes) is 3. The number of imidazole rings is 1. The molecule has 0 radical (unpaired) electrons. The molecule has 0 saturated carbocycles. The molecule has 0 amide bonds. The Morgan fingerprint density at radius 2 is 2.14 bits per heavy atom. The van der Waals surface area contributed by atoms with Crippen molar-refractivity contribution in [3.63, 3.8) is 0 Å². The maximum atomic E-state index is 5.86. The van der Waals surface area contributed by atoms with Gasteiger partial charge in [-0.05, 0) is 25.5 Å². The van der Waals surface area contributed by atoms with Crippen molar-refractivity contribution in [3.05, 3.63) is 35.8 Å². The number of guanidine groups is 1. The molecule has 0 aliphatic heterocycles. The number of hydrogen-bond acceptors (Lipinski definition) is 2. The van der Waals surface area contributed by atoms with Crippen molar-refractivity contribution in [2.24, 2.45) is 10.7 Å². The monoisotopic (exact) mass is 415 g/mol. The average Bonchev–Trinajstić information content (AvgIpc) is 2.89. The number of aryl methyl sites for hydroxylation is 1. The predicted molar refractivity (Wildman–Crippen MR) is 103 cm³/mol. The van der Waals surface area contributed by atoms with E-state index in [-0.39, 0.29) is 24.0 Å². The highest BCUT2D eigenvalue weighted by molar-refractivity contribution is 14.0. The lowest BCUT2D eigenvalue weighted by Gasteiger charge is -2.04. The van der Waals surface area contributed by atoms with Gasteiger partial charge in [0.05, 0.1) is 12.2 Å². The Bertz CT molecular complexity index is 606. The highest BCUT2D eigenvalue weighted by Crippen LogP contribution is 2.09. The van der Waals surface area contributed by atoms with E-state index in [4.69, 9.17) is 5.73 Å². The van der Waals surface area contributed by atoms with Gasteiger partial charge < -0.3 is 15.5 Å². The van der Waals surface area contributed by atoms with Gasteiger partial charge in [0, 0.05) is 18.4 Å². The van der Waals surface area contributed by atoms with Crippen LogP contribution in [0.25, 0.3) is 5.65 Å². The second kappa shape index (κ2) is 9.66. The van der Waals surface area contributed by atoms with Gasteiger partial charge >= 0.3 is 0 Å². The van der Waals surface area contributed by atoms with Gasteiger partial charge in [0.2, 0.25) is 0 Å². The average molecular weight is 415 g/mol. The number of nitrogens with zero attached hydrogens (tertiary/aromatic N) is 3. The topological polar surface area (TPSA) is 67.7 Å². The van der Waals surface area contributed by atoms with Crippen molar-refractivity contribution >= 4 is 35.6 Å². The number of fused-ring (bicyclic) bond motifs is 1. The van der Waals surface area contributed by atoms with Crippen LogP contribution in [0.2, 0.25) is 0 Å². The quantitative estimate of drug-likeness (QED) is 0.316. The summed E-state index contributed by atoms with van der Waals surface area (Å²) in [5.41, 5.74) is 8.91. The number of halogens is 1. The Morgan fingerprint density at radius 3 is 2.86 bits per heavy atom. The van der Waals surface area contributed by atoms with E-state index in [0.29, 0.717) is 12.5 Å². The zero-order valence-electron chi connectivity index (χ0n) is 13.4. The Kier molecular flexibility index (Phi) is 8.22. The van der Waals surface area contributed by atoms with Crippen LogP contribution in [0.15, 0.2) is 29.4 Å². The van der Waals surface area contributed by atoms with Crippen LogP contribution in [0.4, 0.5) is 0 Å². The Hall–Kier alpha value is -1.31. The van der Waals surface area contributed by atoms with Gasteiger partial charge in [0.25, 0.3) is 0 Å². The molecule has 0 saturated heterocycles. The molecule has 5 nitrogen and oxygen atoms in total. The molecule has 0 aromatic carbocycles. The molecular formula is C16H26IN5. The minimum atomic E-state index is 0. The third-order valence-corrected chi connectivity index (χ3v) is 3.49. The molecule has 0 fully saturated rings. The molecule has 2 rings (SSSR count). The van der Waals surface area contributed by atoms with E-state index in [9.17, 15) is 0 Å². The van der Waals surface area contributed by atoms with E-state index in [0.717, 1.165) is 30.0 Å². The second-order valence-electron chi connectivity index (χ2n) is 5.32. The van der Waals surface area contributed by atoms with Crippen molar-refractivity contribution in [1.82, 2.24) is 14.7 Å². The van der Waals surface area contributed by atoms with Gasteiger partial charge in [-0.3, -0.25) is 0 Å². The van der Waals surface area contributed by atoms with E-state index in [2.05, 4.69) is 39.6 Å². The molecule has 0 bridgehead atoms. The van der Waals surface area contributed by atoms with Gasteiger partial charge in [-0.15, -0.1) is 24.0 Å². The van der Waals surface area contributed by atoms with Gasteiger partial charge in [-0.25, -0.2) is 9.98 Å². The summed E-state index contributed by atoms with van der Waals surface area (Å²) in [7, 11) is 0. The van der Waals surface area contributed by atoms with Crippen molar-refractivity contribution in [2.75, 3.05) is 6.54 Å². The van der Waals surface area contributed by atoms with E-state index < -0.39 is 0 Å². The molecule has 0 aliphatic carbocycles. The number of pyridine rings is 1. The highest BCUT2D eigenvalue weighted by Gasteiger charge is 2.02. The number of nitrogens with two attached hydrogens (primary N) is 1. The standard InChI is InChI=1S/C16H25N5.HI/c1-3-4-5-6-10-18-16(17)19-11-14-12-21-13(2)8-7-9-15(21)20-14;/h7-9,12H,3-6,10-11H2,1-2H3,(H3,17,18,19);1H.